The topological polar surface area (TPSA) is 18.5 Å². The van der Waals surface area contributed by atoms with Crippen LogP contribution in [0, 0.1) is 17.6 Å². The maximum atomic E-state index is 15.2. The highest BCUT2D eigenvalue weighted by Gasteiger charge is 2.22. The quantitative estimate of drug-likeness (QED) is 0.211. The van der Waals surface area contributed by atoms with Crippen molar-refractivity contribution in [2.45, 2.75) is 63.9 Å². The van der Waals surface area contributed by atoms with Gasteiger partial charge >= 0.3 is 6.61 Å². The average Bonchev–Trinajstić information content (AvgIpc) is 2.85. The number of hydrogen-bond donors (Lipinski definition) is 0. The molecule has 4 rings (SSSR count). The number of ether oxygens (including phenoxy) is 2. The summed E-state index contributed by atoms with van der Waals surface area (Å²) in [5, 5.41) is 1.48. The maximum absolute atomic E-state index is 15.2. The van der Waals surface area contributed by atoms with Gasteiger partial charge in [-0.05, 0) is 97.4 Å². The largest absolute Gasteiger partial charge is 0.432 e. The molecule has 35 heavy (non-hydrogen) atoms. The van der Waals surface area contributed by atoms with E-state index >= 15 is 4.39 Å². The summed E-state index contributed by atoms with van der Waals surface area (Å²) < 4.78 is 63.1. The number of alkyl halides is 2. The van der Waals surface area contributed by atoms with Crippen LogP contribution in [0.15, 0.2) is 48.5 Å². The second-order valence-electron chi connectivity index (χ2n) is 9.52. The molecule has 1 aliphatic rings. The minimum atomic E-state index is -3.08. The molecule has 6 heteroatoms. The Kier molecular flexibility index (Phi) is 8.66. The lowest BCUT2D eigenvalue weighted by atomic mass is 9.77. The van der Waals surface area contributed by atoms with E-state index in [0.29, 0.717) is 35.3 Å². The predicted molar refractivity (Wildman–Crippen MR) is 130 cm³/mol. The molecule has 2 nitrogen and oxygen atoms in total. The second-order valence-corrected chi connectivity index (χ2v) is 9.52. The standard InChI is InChI=1S/C29H32F4O2/c1-34-16-2-3-19-4-8-21(9-5-19)23-13-14-25-24(18-23)12-11-22(28(25)31)10-6-20-7-15-27(26(30)17-20)35-29(32)33/h7,11-15,17-19,21,29H,2-6,8-10,16H2,1H3. The molecule has 0 N–H and O–H groups in total. The minimum Gasteiger partial charge on any atom is -0.432 e. The van der Waals surface area contributed by atoms with Crippen LogP contribution in [0.4, 0.5) is 17.6 Å². The van der Waals surface area contributed by atoms with Crippen molar-refractivity contribution in [3.63, 3.8) is 0 Å². The Labute approximate surface area is 204 Å². The van der Waals surface area contributed by atoms with Crippen molar-refractivity contribution in [1.29, 1.82) is 0 Å². The van der Waals surface area contributed by atoms with E-state index in [9.17, 15) is 13.2 Å². The number of benzene rings is 3. The maximum Gasteiger partial charge on any atom is 0.387 e. The number of rotatable bonds is 10. The van der Waals surface area contributed by atoms with Gasteiger partial charge in [0.15, 0.2) is 11.6 Å². The van der Waals surface area contributed by atoms with Gasteiger partial charge in [0.25, 0.3) is 0 Å². The Balaban J connectivity index is 1.39. The van der Waals surface area contributed by atoms with Gasteiger partial charge in [0.05, 0.1) is 0 Å². The number of methoxy groups -OCH3 is 1. The van der Waals surface area contributed by atoms with Crippen molar-refractivity contribution in [2.24, 2.45) is 5.92 Å². The molecular formula is C29H32F4O2. The van der Waals surface area contributed by atoms with Gasteiger partial charge in [-0.15, -0.1) is 0 Å². The molecule has 3 aromatic carbocycles. The van der Waals surface area contributed by atoms with E-state index in [1.807, 2.05) is 12.1 Å². The lowest BCUT2D eigenvalue weighted by Gasteiger charge is -2.29. The first kappa shape index (κ1) is 25.5. The fourth-order valence-corrected chi connectivity index (χ4v) is 5.27. The van der Waals surface area contributed by atoms with Crippen LogP contribution in [0.5, 0.6) is 5.75 Å². The zero-order chi connectivity index (χ0) is 24.8. The Morgan fingerprint density at radius 3 is 2.43 bits per heavy atom. The summed E-state index contributed by atoms with van der Waals surface area (Å²) in [4.78, 5) is 0. The first-order chi connectivity index (χ1) is 16.9. The molecule has 0 unspecified atom stereocenters. The fourth-order valence-electron chi connectivity index (χ4n) is 5.27. The molecule has 1 fully saturated rings. The summed E-state index contributed by atoms with van der Waals surface area (Å²) in [5.74, 6) is -0.292. The average molecular weight is 489 g/mol. The summed E-state index contributed by atoms with van der Waals surface area (Å²) in [5.41, 5.74) is 2.42. The van der Waals surface area contributed by atoms with Crippen molar-refractivity contribution in [1.82, 2.24) is 0 Å². The molecule has 3 aromatic rings. The highest BCUT2D eigenvalue weighted by atomic mass is 19.3. The molecule has 0 heterocycles. The van der Waals surface area contributed by atoms with E-state index in [-0.39, 0.29) is 5.82 Å². The van der Waals surface area contributed by atoms with Gasteiger partial charge < -0.3 is 9.47 Å². The summed E-state index contributed by atoms with van der Waals surface area (Å²) >= 11 is 0. The van der Waals surface area contributed by atoms with Gasteiger partial charge in [-0.2, -0.15) is 8.78 Å². The lowest BCUT2D eigenvalue weighted by molar-refractivity contribution is -0.0522. The van der Waals surface area contributed by atoms with E-state index < -0.39 is 18.2 Å². The SMILES string of the molecule is COCCCC1CCC(c2ccc3c(F)c(CCc4ccc(OC(F)F)c(F)c4)ccc3c2)CC1. The Bertz CT molecular complexity index is 1120. The van der Waals surface area contributed by atoms with Gasteiger partial charge in [0.1, 0.15) is 5.82 Å². The van der Waals surface area contributed by atoms with E-state index in [2.05, 4.69) is 16.9 Å². The smallest absolute Gasteiger partial charge is 0.387 e. The first-order valence-electron chi connectivity index (χ1n) is 12.4. The first-order valence-corrected chi connectivity index (χ1v) is 12.4. The summed E-state index contributed by atoms with van der Waals surface area (Å²) in [7, 11) is 1.75. The number of aryl methyl sites for hydroxylation is 2. The fraction of sp³-hybridized carbons (Fsp3) is 0.448. The van der Waals surface area contributed by atoms with Gasteiger partial charge in [0, 0.05) is 19.1 Å². The molecule has 188 valence electrons. The normalized spacial score (nSPS) is 18.3. The van der Waals surface area contributed by atoms with Crippen LogP contribution >= 0.6 is 0 Å². The lowest BCUT2D eigenvalue weighted by Crippen LogP contribution is -2.14. The van der Waals surface area contributed by atoms with Gasteiger partial charge in [0.2, 0.25) is 0 Å². The van der Waals surface area contributed by atoms with Crippen molar-refractivity contribution in [3.05, 3.63) is 76.9 Å². The van der Waals surface area contributed by atoms with E-state index in [4.69, 9.17) is 4.74 Å². The molecule has 0 aliphatic heterocycles. The monoisotopic (exact) mass is 488 g/mol. The third kappa shape index (κ3) is 6.54. The summed E-state index contributed by atoms with van der Waals surface area (Å²) in [6, 6.07) is 13.7. The van der Waals surface area contributed by atoms with E-state index in [1.165, 1.54) is 49.8 Å². The third-order valence-corrected chi connectivity index (χ3v) is 7.23. The van der Waals surface area contributed by atoms with Crippen LogP contribution in [-0.2, 0) is 17.6 Å². The number of hydrogen-bond acceptors (Lipinski definition) is 2. The van der Waals surface area contributed by atoms with E-state index in [0.717, 1.165) is 30.4 Å². The Morgan fingerprint density at radius 1 is 0.914 bits per heavy atom. The van der Waals surface area contributed by atoms with Crippen LogP contribution in [0.3, 0.4) is 0 Å². The molecule has 0 amide bonds. The molecule has 0 bridgehead atoms. The second kappa shape index (κ2) is 11.9. The Hall–Kier alpha value is -2.60. The highest BCUT2D eigenvalue weighted by molar-refractivity contribution is 5.84. The third-order valence-electron chi connectivity index (χ3n) is 7.23. The van der Waals surface area contributed by atoms with Crippen LogP contribution in [0.1, 0.15) is 61.1 Å². The summed E-state index contributed by atoms with van der Waals surface area (Å²) in [6.07, 6.45) is 7.92. The number of halogens is 4. The van der Waals surface area contributed by atoms with E-state index in [1.54, 1.807) is 13.2 Å². The molecular weight excluding hydrogens is 456 g/mol. The minimum absolute atomic E-state index is 0.256. The van der Waals surface area contributed by atoms with Crippen molar-refractivity contribution in [3.8, 4) is 5.75 Å². The van der Waals surface area contributed by atoms with Crippen LogP contribution < -0.4 is 4.74 Å². The molecule has 0 saturated heterocycles. The van der Waals surface area contributed by atoms with Crippen molar-refractivity contribution >= 4 is 10.8 Å². The van der Waals surface area contributed by atoms with Crippen molar-refractivity contribution in [2.75, 3.05) is 13.7 Å². The van der Waals surface area contributed by atoms with Crippen molar-refractivity contribution < 1.29 is 27.0 Å². The molecule has 0 atom stereocenters. The van der Waals surface area contributed by atoms with Gasteiger partial charge in [-0.25, -0.2) is 8.78 Å². The van der Waals surface area contributed by atoms with Gasteiger partial charge in [-0.3, -0.25) is 0 Å². The molecule has 0 spiro atoms. The van der Waals surface area contributed by atoms with Crippen LogP contribution in [0.25, 0.3) is 10.8 Å². The van der Waals surface area contributed by atoms with Crippen LogP contribution in [0.2, 0.25) is 0 Å². The zero-order valence-corrected chi connectivity index (χ0v) is 20.0. The zero-order valence-electron chi connectivity index (χ0n) is 20.0. The molecule has 0 radical (unpaired) electrons. The van der Waals surface area contributed by atoms with Gasteiger partial charge in [-0.1, -0.05) is 36.4 Å². The highest BCUT2D eigenvalue weighted by Crippen LogP contribution is 2.38. The molecule has 1 saturated carbocycles. The number of fused-ring (bicyclic) bond motifs is 1. The predicted octanol–water partition coefficient (Wildman–Crippen LogP) is 8.21. The van der Waals surface area contributed by atoms with Crippen LogP contribution in [-0.4, -0.2) is 20.3 Å². The summed E-state index contributed by atoms with van der Waals surface area (Å²) in [6.45, 7) is -2.25. The molecule has 1 aliphatic carbocycles. The Morgan fingerprint density at radius 2 is 1.71 bits per heavy atom. The molecule has 0 aromatic heterocycles.